The van der Waals surface area contributed by atoms with Crippen molar-refractivity contribution in [3.05, 3.63) is 85.0 Å². The molecule has 7 rings (SSSR count). The molecular weight excluding hydrogens is 540 g/mol. The largest absolute Gasteiger partial charge is 0.423 e. The number of esters is 2. The van der Waals surface area contributed by atoms with Crippen LogP contribution in [-0.4, -0.2) is 35.6 Å². The van der Waals surface area contributed by atoms with Crippen molar-refractivity contribution < 1.29 is 38.2 Å². The Morgan fingerprint density at radius 2 is 0.952 bits per heavy atom. The number of ether oxygens (including phenoxy) is 2. The number of amides is 4. The Morgan fingerprint density at radius 1 is 0.619 bits per heavy atom. The zero-order valence-corrected chi connectivity index (χ0v) is 22.8. The van der Waals surface area contributed by atoms with Crippen molar-refractivity contribution >= 4 is 46.9 Å². The molecular formula is C32H26N2O8. The number of carbonyl (C=O) groups is 6. The predicted molar refractivity (Wildman–Crippen MR) is 149 cm³/mol. The highest BCUT2D eigenvalue weighted by molar-refractivity contribution is 6.26. The molecule has 6 atom stereocenters. The lowest BCUT2D eigenvalue weighted by Crippen LogP contribution is -2.50. The molecule has 10 heteroatoms. The first kappa shape index (κ1) is 27.1. The molecule has 2 aromatic rings. The summed E-state index contributed by atoms with van der Waals surface area (Å²) in [6, 6.07) is 12.2. The molecule has 3 fully saturated rings. The fourth-order valence-electron chi connectivity index (χ4n) is 6.50. The second-order valence-corrected chi connectivity index (χ2v) is 11.0. The summed E-state index contributed by atoms with van der Waals surface area (Å²) in [5, 5.41) is 0. The van der Waals surface area contributed by atoms with Crippen LogP contribution in [0.5, 0.6) is 11.5 Å². The van der Waals surface area contributed by atoms with Gasteiger partial charge in [-0.25, -0.2) is 19.4 Å². The molecule has 2 unspecified atom stereocenters. The summed E-state index contributed by atoms with van der Waals surface area (Å²) in [6.07, 6.45) is 3.54. The Balaban J connectivity index is 1.30. The number of allylic oxidation sites excluding steroid dienone is 2. The van der Waals surface area contributed by atoms with Crippen molar-refractivity contribution in [2.75, 3.05) is 9.80 Å². The van der Waals surface area contributed by atoms with Gasteiger partial charge in [0.05, 0.1) is 35.0 Å². The minimum absolute atomic E-state index is 0.145. The summed E-state index contributed by atoms with van der Waals surface area (Å²) in [5.74, 6) is -7.52. The molecule has 0 radical (unpaired) electrons. The van der Waals surface area contributed by atoms with Crippen LogP contribution in [0.15, 0.2) is 85.0 Å². The molecule has 1 saturated carbocycles. The minimum Gasteiger partial charge on any atom is -0.423 e. The van der Waals surface area contributed by atoms with Crippen LogP contribution < -0.4 is 19.3 Å². The second-order valence-electron chi connectivity index (χ2n) is 11.0. The van der Waals surface area contributed by atoms with Crippen molar-refractivity contribution in [2.24, 2.45) is 35.5 Å². The zero-order valence-electron chi connectivity index (χ0n) is 22.8. The fourth-order valence-corrected chi connectivity index (χ4v) is 6.50. The normalized spacial score (nSPS) is 27.2. The Hall–Kier alpha value is -5.12. The molecule has 42 heavy (non-hydrogen) atoms. The molecule has 0 spiro atoms. The number of rotatable bonds is 6. The van der Waals surface area contributed by atoms with Crippen LogP contribution in [0.4, 0.5) is 11.4 Å². The summed E-state index contributed by atoms with van der Waals surface area (Å²) in [6.45, 7) is 10.1. The summed E-state index contributed by atoms with van der Waals surface area (Å²) >= 11 is 0. The molecule has 0 aromatic heterocycles. The summed E-state index contributed by atoms with van der Waals surface area (Å²) in [5.41, 5.74) is 0.849. The third kappa shape index (κ3) is 4.01. The van der Waals surface area contributed by atoms with E-state index in [9.17, 15) is 28.8 Å². The van der Waals surface area contributed by atoms with Gasteiger partial charge in [0.15, 0.2) is 0 Å². The Morgan fingerprint density at radius 3 is 1.26 bits per heavy atom. The second kappa shape index (κ2) is 9.76. The van der Waals surface area contributed by atoms with Crippen LogP contribution in [0.2, 0.25) is 0 Å². The third-order valence-corrected chi connectivity index (χ3v) is 8.28. The van der Waals surface area contributed by atoms with Gasteiger partial charge in [-0.15, -0.1) is 0 Å². The molecule has 212 valence electrons. The van der Waals surface area contributed by atoms with Crippen LogP contribution in [-0.2, 0) is 28.8 Å². The lowest BCUT2D eigenvalue weighted by Gasteiger charge is -2.44. The van der Waals surface area contributed by atoms with Crippen molar-refractivity contribution in [2.45, 2.75) is 13.8 Å². The van der Waals surface area contributed by atoms with Gasteiger partial charge in [0, 0.05) is 35.1 Å². The van der Waals surface area contributed by atoms with Crippen LogP contribution in [0, 0.1) is 35.5 Å². The van der Waals surface area contributed by atoms with Gasteiger partial charge in [0.2, 0.25) is 23.6 Å². The smallest absolute Gasteiger partial charge is 0.338 e. The number of benzene rings is 2. The van der Waals surface area contributed by atoms with E-state index in [0.29, 0.717) is 0 Å². The molecule has 2 bridgehead atoms. The number of hydrogen-bond donors (Lipinski definition) is 0. The fraction of sp³-hybridized carbons (Fsp3) is 0.250. The van der Waals surface area contributed by atoms with Crippen LogP contribution in [0.25, 0.3) is 0 Å². The Kier molecular flexibility index (Phi) is 6.29. The molecule has 2 heterocycles. The minimum atomic E-state index is -0.824. The van der Waals surface area contributed by atoms with Gasteiger partial charge < -0.3 is 9.47 Å². The lowest BCUT2D eigenvalue weighted by molar-refractivity contribution is -0.137. The van der Waals surface area contributed by atoms with E-state index in [1.54, 1.807) is 36.4 Å². The van der Waals surface area contributed by atoms with Gasteiger partial charge in [0.1, 0.15) is 11.5 Å². The Labute approximate surface area is 240 Å². The van der Waals surface area contributed by atoms with Gasteiger partial charge in [-0.3, -0.25) is 19.2 Å². The number of hydrogen-bond acceptors (Lipinski definition) is 8. The van der Waals surface area contributed by atoms with Gasteiger partial charge in [-0.1, -0.05) is 37.4 Å². The third-order valence-electron chi connectivity index (χ3n) is 8.28. The van der Waals surface area contributed by atoms with E-state index in [-0.39, 0.29) is 34.0 Å². The lowest BCUT2D eigenvalue weighted by atomic mass is 9.54. The number of imide groups is 2. The van der Waals surface area contributed by atoms with Gasteiger partial charge in [-0.2, -0.15) is 0 Å². The summed E-state index contributed by atoms with van der Waals surface area (Å²) in [7, 11) is 0. The average Bonchev–Trinajstić information content (AvgIpc) is 3.40. The highest BCUT2D eigenvalue weighted by Gasteiger charge is 2.68. The first-order valence-corrected chi connectivity index (χ1v) is 13.4. The summed E-state index contributed by atoms with van der Waals surface area (Å²) in [4.78, 5) is 81.3. The van der Waals surface area contributed by atoms with E-state index < -0.39 is 71.1 Å². The highest BCUT2D eigenvalue weighted by atomic mass is 16.5. The number of carbonyl (C=O) groups excluding carboxylic acids is 6. The van der Waals surface area contributed by atoms with E-state index >= 15 is 0 Å². The molecule has 2 saturated heterocycles. The number of anilines is 2. The maximum Gasteiger partial charge on any atom is 0.338 e. The van der Waals surface area contributed by atoms with E-state index in [0.717, 1.165) is 9.80 Å². The van der Waals surface area contributed by atoms with Crippen molar-refractivity contribution in [3.8, 4) is 11.5 Å². The molecule has 0 N–H and O–H groups in total. The maximum absolute atomic E-state index is 13.8. The van der Waals surface area contributed by atoms with E-state index in [2.05, 4.69) is 13.2 Å². The SMILES string of the molecule is C=C(C)C(=O)Oc1cccc(N2C(=O)[C@@H]3C4C=CC([C@H]3C2=O)[C@@H]2C(=O)N(c3cccc(OC(=O)C(=C)C)c3)C(=O)[C@H]42)c1. The predicted octanol–water partition coefficient (Wildman–Crippen LogP) is 3.38. The average molecular weight is 567 g/mol. The van der Waals surface area contributed by atoms with Crippen LogP contribution >= 0.6 is 0 Å². The van der Waals surface area contributed by atoms with E-state index in [1.165, 1.54) is 38.1 Å². The van der Waals surface area contributed by atoms with Crippen molar-refractivity contribution in [1.82, 2.24) is 0 Å². The van der Waals surface area contributed by atoms with Crippen molar-refractivity contribution in [3.63, 3.8) is 0 Å². The van der Waals surface area contributed by atoms with Gasteiger partial charge in [0.25, 0.3) is 0 Å². The topological polar surface area (TPSA) is 127 Å². The zero-order chi connectivity index (χ0) is 30.0. The quantitative estimate of drug-likeness (QED) is 0.171. The molecule has 3 aliphatic carbocycles. The standard InChI is InChI=1S/C32H26N2O8/c1-15(2)31(39)41-19-9-5-7-17(13-19)33-27(35)23-21-11-12-22(24(23)28(33)36)26-25(21)29(37)34(30(26)38)18-8-6-10-20(14-18)42-32(40)16(3)4/h5-14,21-26H,1,3H2,2,4H3/t21?,22?,23-,24-,25-,26+/m1/s1. The molecule has 4 amide bonds. The molecule has 5 aliphatic rings. The molecule has 2 aliphatic heterocycles. The van der Waals surface area contributed by atoms with E-state index in [1.807, 2.05) is 0 Å². The molecule has 2 aromatic carbocycles. The monoisotopic (exact) mass is 566 g/mol. The van der Waals surface area contributed by atoms with Crippen molar-refractivity contribution in [1.29, 1.82) is 0 Å². The first-order chi connectivity index (χ1) is 20.0. The van der Waals surface area contributed by atoms with Gasteiger partial charge >= 0.3 is 11.9 Å². The molecule has 10 nitrogen and oxygen atoms in total. The Bertz CT molecular complexity index is 1510. The first-order valence-electron chi connectivity index (χ1n) is 13.4. The van der Waals surface area contributed by atoms with Crippen LogP contribution in [0.3, 0.4) is 0 Å². The highest BCUT2D eigenvalue weighted by Crippen LogP contribution is 2.58. The maximum atomic E-state index is 13.8. The number of nitrogens with zero attached hydrogens (tertiary/aromatic N) is 2. The summed E-state index contributed by atoms with van der Waals surface area (Å²) < 4.78 is 10.6. The van der Waals surface area contributed by atoms with E-state index in [4.69, 9.17) is 9.47 Å². The van der Waals surface area contributed by atoms with Crippen LogP contribution in [0.1, 0.15) is 13.8 Å². The van der Waals surface area contributed by atoms with Gasteiger partial charge in [-0.05, 0) is 38.1 Å².